The Morgan fingerprint density at radius 1 is 0.310 bits per heavy atom. The van der Waals surface area contributed by atoms with Crippen LogP contribution in [0, 0.1) is 76.2 Å². The van der Waals surface area contributed by atoms with E-state index in [4.69, 9.17) is 0 Å². The summed E-state index contributed by atoms with van der Waals surface area (Å²) in [6.07, 6.45) is 0. The Balaban J connectivity index is 0.000000218. The average molecular weight is 389 g/mol. The highest BCUT2D eigenvalue weighted by Gasteiger charge is 1.98. The third kappa shape index (κ3) is 7.54. The first kappa shape index (κ1) is 24.7. The van der Waals surface area contributed by atoms with Crippen molar-refractivity contribution in [3.63, 3.8) is 0 Å². The SMILES string of the molecule is Cc1cc(C)c(C)c(C)c1.Cc1ccc(C)c(C)c1.Cc1ccc(C)c(C)c1C. The molecule has 3 aromatic rings. The van der Waals surface area contributed by atoms with E-state index in [-0.39, 0.29) is 0 Å². The Labute approximate surface area is 180 Å². The largest absolute Gasteiger partial charge is 0.0590 e. The van der Waals surface area contributed by atoms with E-state index in [1.165, 1.54) is 61.2 Å². The Morgan fingerprint density at radius 3 is 1.07 bits per heavy atom. The van der Waals surface area contributed by atoms with Gasteiger partial charge < -0.3 is 0 Å². The van der Waals surface area contributed by atoms with Crippen LogP contribution in [-0.2, 0) is 0 Å². The monoisotopic (exact) mass is 388 g/mol. The maximum absolute atomic E-state index is 2.22. The molecular weight excluding hydrogens is 348 g/mol. The first-order valence-electron chi connectivity index (χ1n) is 10.6. The molecule has 0 spiro atoms. The molecule has 0 aliphatic carbocycles. The van der Waals surface area contributed by atoms with Crippen LogP contribution < -0.4 is 0 Å². The van der Waals surface area contributed by atoms with Gasteiger partial charge in [-0.05, 0) is 126 Å². The molecule has 0 heterocycles. The van der Waals surface area contributed by atoms with Gasteiger partial charge >= 0.3 is 0 Å². The molecule has 0 heteroatoms. The van der Waals surface area contributed by atoms with Crippen molar-refractivity contribution >= 4 is 0 Å². The van der Waals surface area contributed by atoms with E-state index in [1.807, 2.05) is 0 Å². The summed E-state index contributed by atoms with van der Waals surface area (Å²) < 4.78 is 0. The summed E-state index contributed by atoms with van der Waals surface area (Å²) in [5.41, 5.74) is 15.3. The van der Waals surface area contributed by atoms with Crippen LogP contribution in [0.5, 0.6) is 0 Å². The molecule has 0 N–H and O–H groups in total. The second kappa shape index (κ2) is 11.0. The highest BCUT2D eigenvalue weighted by Crippen LogP contribution is 2.15. The van der Waals surface area contributed by atoms with E-state index in [9.17, 15) is 0 Å². The van der Waals surface area contributed by atoms with Crippen molar-refractivity contribution in [2.24, 2.45) is 0 Å². The molecule has 0 atom stereocenters. The third-order valence-corrected chi connectivity index (χ3v) is 6.06. The average Bonchev–Trinajstić information content (AvgIpc) is 2.65. The molecule has 0 unspecified atom stereocenters. The Hall–Kier alpha value is -2.34. The molecule has 0 radical (unpaired) electrons. The van der Waals surface area contributed by atoms with Crippen molar-refractivity contribution in [2.45, 2.75) is 76.2 Å². The van der Waals surface area contributed by atoms with E-state index in [2.05, 4.69) is 119 Å². The lowest BCUT2D eigenvalue weighted by atomic mass is 10.0. The summed E-state index contributed by atoms with van der Waals surface area (Å²) >= 11 is 0. The van der Waals surface area contributed by atoms with Gasteiger partial charge in [0.1, 0.15) is 0 Å². The Bertz CT molecular complexity index is 908. The van der Waals surface area contributed by atoms with Crippen molar-refractivity contribution in [3.05, 3.63) is 104 Å². The molecule has 0 aliphatic rings. The van der Waals surface area contributed by atoms with Crippen LogP contribution in [0.25, 0.3) is 0 Å². The van der Waals surface area contributed by atoms with Crippen molar-refractivity contribution in [3.8, 4) is 0 Å². The van der Waals surface area contributed by atoms with Crippen LogP contribution in [-0.4, -0.2) is 0 Å². The molecule has 0 aliphatic heterocycles. The van der Waals surface area contributed by atoms with Gasteiger partial charge in [-0.3, -0.25) is 0 Å². The topological polar surface area (TPSA) is 0 Å². The van der Waals surface area contributed by atoms with Crippen LogP contribution in [0.4, 0.5) is 0 Å². The lowest BCUT2D eigenvalue weighted by Gasteiger charge is -2.06. The summed E-state index contributed by atoms with van der Waals surface area (Å²) in [5.74, 6) is 0. The Kier molecular flexibility index (Phi) is 9.37. The molecule has 0 saturated carbocycles. The van der Waals surface area contributed by atoms with Crippen LogP contribution in [0.1, 0.15) is 61.2 Å². The minimum Gasteiger partial charge on any atom is -0.0590 e. The molecule has 0 nitrogen and oxygen atoms in total. The van der Waals surface area contributed by atoms with Crippen LogP contribution in [0.15, 0.2) is 42.5 Å². The van der Waals surface area contributed by atoms with Crippen LogP contribution >= 0.6 is 0 Å². The van der Waals surface area contributed by atoms with E-state index < -0.39 is 0 Å². The minimum absolute atomic E-state index is 1.35. The quantitative estimate of drug-likeness (QED) is 0.362. The number of hydrogen-bond acceptors (Lipinski definition) is 0. The summed E-state index contributed by atoms with van der Waals surface area (Å²) in [6, 6.07) is 15.3. The molecule has 0 saturated heterocycles. The zero-order chi connectivity index (χ0) is 22.3. The summed E-state index contributed by atoms with van der Waals surface area (Å²) in [5, 5.41) is 0. The molecule has 0 amide bonds. The predicted molar refractivity (Wildman–Crippen MR) is 131 cm³/mol. The normalized spacial score (nSPS) is 9.90. The van der Waals surface area contributed by atoms with Gasteiger partial charge in [0.25, 0.3) is 0 Å². The smallest absolute Gasteiger partial charge is 0.0392 e. The standard InChI is InChI=1S/2C10H14.C9H12/c1-7-5-8(2)10(4)9(3)6-7;1-7-5-6-8(2)10(4)9(7)3;1-7-4-5-8(2)9(3)6-7/h2*5-6H,1-4H3;4-6H,1-3H3. The van der Waals surface area contributed by atoms with E-state index in [1.54, 1.807) is 0 Å². The van der Waals surface area contributed by atoms with Crippen LogP contribution in [0.2, 0.25) is 0 Å². The molecule has 156 valence electrons. The number of rotatable bonds is 0. The van der Waals surface area contributed by atoms with E-state index in [0.29, 0.717) is 0 Å². The zero-order valence-corrected chi connectivity index (χ0v) is 20.5. The maximum Gasteiger partial charge on any atom is -0.0392 e. The predicted octanol–water partition coefficient (Wildman–Crippen LogP) is 8.45. The van der Waals surface area contributed by atoms with Gasteiger partial charge in [-0.25, -0.2) is 0 Å². The molecule has 0 fully saturated rings. The first-order valence-corrected chi connectivity index (χ1v) is 10.6. The second-order valence-corrected chi connectivity index (χ2v) is 8.56. The van der Waals surface area contributed by atoms with Gasteiger partial charge in [0.05, 0.1) is 0 Å². The van der Waals surface area contributed by atoms with E-state index >= 15 is 0 Å². The Morgan fingerprint density at radius 2 is 0.690 bits per heavy atom. The fourth-order valence-electron chi connectivity index (χ4n) is 3.24. The van der Waals surface area contributed by atoms with Gasteiger partial charge in [-0.15, -0.1) is 0 Å². The van der Waals surface area contributed by atoms with Crippen LogP contribution in [0.3, 0.4) is 0 Å². The van der Waals surface area contributed by atoms with Gasteiger partial charge in [0.15, 0.2) is 0 Å². The lowest BCUT2D eigenvalue weighted by Crippen LogP contribution is -1.88. The van der Waals surface area contributed by atoms with Crippen molar-refractivity contribution in [2.75, 3.05) is 0 Å². The van der Waals surface area contributed by atoms with Gasteiger partial charge in [-0.2, -0.15) is 0 Å². The number of hydrogen-bond donors (Lipinski definition) is 0. The van der Waals surface area contributed by atoms with Gasteiger partial charge in [-0.1, -0.05) is 53.6 Å². The summed E-state index contributed by atoms with van der Waals surface area (Å²) in [6.45, 7) is 23.7. The highest BCUT2D eigenvalue weighted by molar-refractivity contribution is 5.38. The van der Waals surface area contributed by atoms with Gasteiger partial charge in [0, 0.05) is 0 Å². The summed E-state index contributed by atoms with van der Waals surface area (Å²) in [4.78, 5) is 0. The second-order valence-electron chi connectivity index (χ2n) is 8.56. The lowest BCUT2D eigenvalue weighted by molar-refractivity contribution is 1.22. The number of aryl methyl sites for hydroxylation is 8. The molecule has 0 aromatic heterocycles. The molecule has 29 heavy (non-hydrogen) atoms. The molecule has 0 bridgehead atoms. The molecular formula is C29H40. The highest BCUT2D eigenvalue weighted by atomic mass is 14.0. The third-order valence-electron chi connectivity index (χ3n) is 6.06. The molecule has 3 aromatic carbocycles. The van der Waals surface area contributed by atoms with Crippen molar-refractivity contribution in [1.29, 1.82) is 0 Å². The zero-order valence-electron chi connectivity index (χ0n) is 20.5. The fourth-order valence-corrected chi connectivity index (χ4v) is 3.24. The van der Waals surface area contributed by atoms with Gasteiger partial charge in [0.2, 0.25) is 0 Å². The van der Waals surface area contributed by atoms with Crippen molar-refractivity contribution < 1.29 is 0 Å². The van der Waals surface area contributed by atoms with Crippen molar-refractivity contribution in [1.82, 2.24) is 0 Å². The first-order chi connectivity index (χ1) is 13.4. The summed E-state index contributed by atoms with van der Waals surface area (Å²) in [7, 11) is 0. The minimum atomic E-state index is 1.35. The maximum atomic E-state index is 2.22. The number of benzene rings is 3. The van der Waals surface area contributed by atoms with E-state index in [0.717, 1.165) is 0 Å². The fraction of sp³-hybridized carbons (Fsp3) is 0.379. The molecule has 3 rings (SSSR count).